The number of rotatable bonds is 10. The number of fused-ring (bicyclic) bond motifs is 2. The van der Waals surface area contributed by atoms with Crippen LogP contribution in [-0.4, -0.2) is 54.9 Å². The first-order valence-corrected chi connectivity index (χ1v) is 16.1. The molecular formula is C38H39ClFN7O2. The standard InChI is InChI=1S/C25H24ClFN4O2.C11H9N3.C2H6/c1-4-33-24-13-23-20(11-16(24)10-19(32)6-5-9-31(2)3)25(17(14-28)15-29-23)30-18-7-8-22(27)21(26)12-18;1-13-11-8(6-12)7-14-10-5-3-2-4-9(10)11;1-2/h5-8,11-13,15H,4,9-10H2,1-3H3,(H,29,30);2-5,7H,1H3,(H,13,14);1-2H3/b6-5+;;. The number of halogens is 2. The van der Waals surface area contributed by atoms with Crippen molar-refractivity contribution in [2.45, 2.75) is 27.2 Å². The van der Waals surface area contributed by atoms with Crippen molar-refractivity contribution in [2.24, 2.45) is 0 Å². The van der Waals surface area contributed by atoms with Crippen LogP contribution in [0, 0.1) is 28.5 Å². The van der Waals surface area contributed by atoms with Crippen molar-refractivity contribution in [1.29, 1.82) is 10.5 Å². The maximum Gasteiger partial charge on any atom is 0.159 e. The lowest BCUT2D eigenvalue weighted by Crippen LogP contribution is -2.11. The van der Waals surface area contributed by atoms with Crippen molar-refractivity contribution in [3.05, 3.63) is 107 Å². The minimum absolute atomic E-state index is 0.0358. The number of hydrogen-bond donors (Lipinski definition) is 2. The van der Waals surface area contributed by atoms with Crippen molar-refractivity contribution < 1.29 is 13.9 Å². The van der Waals surface area contributed by atoms with E-state index in [1.165, 1.54) is 24.4 Å². The zero-order chi connectivity index (χ0) is 35.9. The number of anilines is 3. The van der Waals surface area contributed by atoms with Gasteiger partial charge in [0, 0.05) is 60.5 Å². The van der Waals surface area contributed by atoms with Gasteiger partial charge in [-0.2, -0.15) is 10.5 Å². The molecule has 2 N–H and O–H groups in total. The maximum absolute atomic E-state index is 13.6. The number of carbonyl (C=O) groups excluding carboxylic acids is 1. The zero-order valence-corrected chi connectivity index (χ0v) is 29.2. The number of benzene rings is 3. The number of allylic oxidation sites excluding steroid dienone is 1. The number of pyridine rings is 2. The summed E-state index contributed by atoms with van der Waals surface area (Å²) < 4.78 is 19.3. The smallest absolute Gasteiger partial charge is 0.159 e. The molecule has 252 valence electrons. The van der Waals surface area contributed by atoms with E-state index in [0.29, 0.717) is 57.9 Å². The van der Waals surface area contributed by atoms with E-state index in [9.17, 15) is 14.4 Å². The maximum atomic E-state index is 13.6. The van der Waals surface area contributed by atoms with Crippen molar-refractivity contribution in [1.82, 2.24) is 14.9 Å². The highest BCUT2D eigenvalue weighted by Crippen LogP contribution is 2.34. The number of para-hydroxylation sites is 1. The van der Waals surface area contributed by atoms with E-state index in [0.717, 1.165) is 16.6 Å². The molecule has 0 saturated heterocycles. The van der Waals surface area contributed by atoms with Gasteiger partial charge in [-0.3, -0.25) is 14.8 Å². The third kappa shape index (κ3) is 9.97. The molecular weight excluding hydrogens is 641 g/mol. The number of aromatic nitrogens is 2. The van der Waals surface area contributed by atoms with Crippen LogP contribution in [0.3, 0.4) is 0 Å². The van der Waals surface area contributed by atoms with Crippen LogP contribution in [0.5, 0.6) is 5.75 Å². The van der Waals surface area contributed by atoms with Gasteiger partial charge in [0.1, 0.15) is 23.7 Å². The minimum Gasteiger partial charge on any atom is -0.494 e. The monoisotopic (exact) mass is 679 g/mol. The molecule has 49 heavy (non-hydrogen) atoms. The molecule has 0 unspecified atom stereocenters. The van der Waals surface area contributed by atoms with Gasteiger partial charge in [-0.15, -0.1) is 0 Å². The van der Waals surface area contributed by atoms with Gasteiger partial charge in [0.2, 0.25) is 0 Å². The summed E-state index contributed by atoms with van der Waals surface area (Å²) in [6.07, 6.45) is 6.55. The summed E-state index contributed by atoms with van der Waals surface area (Å²) in [5.41, 5.74) is 4.90. The Hall–Kier alpha value is -5.55. The molecule has 2 aromatic heterocycles. The second-order valence-corrected chi connectivity index (χ2v) is 11.0. The van der Waals surface area contributed by atoms with Gasteiger partial charge in [0.05, 0.1) is 45.2 Å². The lowest BCUT2D eigenvalue weighted by molar-refractivity contribution is -0.114. The Labute approximate surface area is 291 Å². The van der Waals surface area contributed by atoms with Gasteiger partial charge in [0.25, 0.3) is 0 Å². The first-order valence-electron chi connectivity index (χ1n) is 15.7. The number of nitrogens with one attached hydrogen (secondary N) is 2. The fourth-order valence-corrected chi connectivity index (χ4v) is 4.95. The highest BCUT2D eigenvalue weighted by atomic mass is 35.5. The quantitative estimate of drug-likeness (QED) is 0.140. The Bertz CT molecular complexity index is 2030. The topological polar surface area (TPSA) is 127 Å². The highest BCUT2D eigenvalue weighted by molar-refractivity contribution is 6.31. The summed E-state index contributed by atoms with van der Waals surface area (Å²) in [6, 6.07) is 19.8. The molecule has 2 heterocycles. The number of nitrogens with zero attached hydrogens (tertiary/aromatic N) is 5. The van der Waals surface area contributed by atoms with Crippen LogP contribution >= 0.6 is 11.6 Å². The van der Waals surface area contributed by atoms with Gasteiger partial charge in [-0.1, -0.05) is 49.7 Å². The predicted molar refractivity (Wildman–Crippen MR) is 196 cm³/mol. The van der Waals surface area contributed by atoms with Crippen molar-refractivity contribution in [3.63, 3.8) is 0 Å². The molecule has 11 heteroatoms. The molecule has 9 nitrogen and oxygen atoms in total. The fourth-order valence-electron chi connectivity index (χ4n) is 4.77. The molecule has 0 atom stereocenters. The molecule has 0 fully saturated rings. The van der Waals surface area contributed by atoms with E-state index >= 15 is 0 Å². The lowest BCUT2D eigenvalue weighted by Gasteiger charge is -2.15. The zero-order valence-electron chi connectivity index (χ0n) is 28.4. The van der Waals surface area contributed by atoms with Crippen LogP contribution < -0.4 is 15.4 Å². The number of hydrogen-bond acceptors (Lipinski definition) is 9. The number of ketones is 1. The van der Waals surface area contributed by atoms with E-state index in [4.69, 9.17) is 21.6 Å². The third-order valence-corrected chi connectivity index (χ3v) is 7.23. The fraction of sp³-hybridized carbons (Fsp3) is 0.237. The number of likely N-dealkylation sites (N-methyl/N-ethyl adjacent to an activating group) is 1. The molecule has 0 spiro atoms. The molecule has 3 aromatic carbocycles. The van der Waals surface area contributed by atoms with E-state index < -0.39 is 5.82 Å². The first-order chi connectivity index (χ1) is 23.7. The normalized spacial score (nSPS) is 10.4. The van der Waals surface area contributed by atoms with Crippen LogP contribution in [0.2, 0.25) is 5.02 Å². The van der Waals surface area contributed by atoms with Crippen LogP contribution in [0.15, 0.2) is 79.1 Å². The molecule has 0 aliphatic carbocycles. The predicted octanol–water partition coefficient (Wildman–Crippen LogP) is 8.45. The second-order valence-electron chi connectivity index (χ2n) is 10.6. The Morgan fingerprint density at radius 1 is 0.980 bits per heavy atom. The molecule has 0 aliphatic rings. The molecule has 5 aromatic rings. The SMILES string of the molecule is CC.CCOc1cc2ncc(C#N)c(Nc3ccc(F)c(Cl)c3)c2cc1CC(=O)/C=C/CN(C)C.CNc1c(C#N)cnc2ccccc12. The van der Waals surface area contributed by atoms with Gasteiger partial charge < -0.3 is 20.3 Å². The third-order valence-electron chi connectivity index (χ3n) is 6.94. The average molecular weight is 680 g/mol. The largest absolute Gasteiger partial charge is 0.494 e. The number of carbonyl (C=O) groups is 1. The van der Waals surface area contributed by atoms with Gasteiger partial charge in [-0.05, 0) is 57.4 Å². The van der Waals surface area contributed by atoms with E-state index in [2.05, 4.69) is 32.7 Å². The summed E-state index contributed by atoms with van der Waals surface area (Å²) in [5.74, 6) is -0.0412. The van der Waals surface area contributed by atoms with Gasteiger partial charge in [0.15, 0.2) is 5.78 Å². The second kappa shape index (κ2) is 18.7. The van der Waals surface area contributed by atoms with Crippen LogP contribution in [0.1, 0.15) is 37.5 Å². The highest BCUT2D eigenvalue weighted by Gasteiger charge is 2.16. The van der Waals surface area contributed by atoms with Gasteiger partial charge >= 0.3 is 0 Å². The average Bonchev–Trinajstić information content (AvgIpc) is 3.11. The van der Waals surface area contributed by atoms with Crippen molar-refractivity contribution >= 4 is 56.3 Å². The summed E-state index contributed by atoms with van der Waals surface area (Å²) >= 11 is 5.92. The lowest BCUT2D eigenvalue weighted by atomic mass is 10.0. The molecule has 0 bridgehead atoms. The Morgan fingerprint density at radius 3 is 2.29 bits per heavy atom. The van der Waals surface area contributed by atoms with E-state index in [1.807, 2.05) is 77.2 Å². The van der Waals surface area contributed by atoms with Gasteiger partial charge in [-0.25, -0.2) is 4.39 Å². The summed E-state index contributed by atoms with van der Waals surface area (Å²) in [7, 11) is 5.66. The van der Waals surface area contributed by atoms with E-state index in [-0.39, 0.29) is 17.2 Å². The Balaban J connectivity index is 0.000000336. The molecule has 0 amide bonds. The summed E-state index contributed by atoms with van der Waals surface area (Å²) in [4.78, 5) is 23.1. The summed E-state index contributed by atoms with van der Waals surface area (Å²) in [5, 5.41) is 26.3. The molecule has 0 aliphatic heterocycles. The van der Waals surface area contributed by atoms with E-state index in [1.54, 1.807) is 24.4 Å². The summed E-state index contributed by atoms with van der Waals surface area (Å²) in [6.45, 7) is 6.95. The molecule has 5 rings (SSSR count). The van der Waals surface area contributed by atoms with Crippen LogP contribution in [0.25, 0.3) is 21.8 Å². The minimum atomic E-state index is -0.535. The van der Waals surface area contributed by atoms with Crippen molar-refractivity contribution in [2.75, 3.05) is 44.9 Å². The van der Waals surface area contributed by atoms with Crippen molar-refractivity contribution in [3.8, 4) is 17.9 Å². The number of nitriles is 2. The van der Waals surface area contributed by atoms with Crippen LogP contribution in [-0.2, 0) is 11.2 Å². The molecule has 0 radical (unpaired) electrons. The van der Waals surface area contributed by atoms with Crippen LogP contribution in [0.4, 0.5) is 21.5 Å². The Morgan fingerprint density at radius 2 is 1.65 bits per heavy atom. The number of ether oxygens (including phenoxy) is 1. The molecule has 0 saturated carbocycles. The Kier molecular flexibility index (Phi) is 14.5. The first kappa shape index (κ1) is 37.9.